The van der Waals surface area contributed by atoms with Crippen molar-refractivity contribution in [2.24, 2.45) is 4.99 Å². The lowest BCUT2D eigenvalue weighted by molar-refractivity contribution is 0.572. The molecule has 3 rings (SSSR count). The Balaban J connectivity index is 1.63. The first-order valence-electron chi connectivity index (χ1n) is 8.92. The SMILES string of the molecule is CCNC(=NCc1ccccc1F)NCc1coc(-c2ccc(C)cc2)n1. The van der Waals surface area contributed by atoms with Crippen LogP contribution in [0.5, 0.6) is 0 Å². The fourth-order valence-corrected chi connectivity index (χ4v) is 2.52. The van der Waals surface area contributed by atoms with E-state index in [9.17, 15) is 4.39 Å². The highest BCUT2D eigenvalue weighted by molar-refractivity contribution is 5.79. The second-order valence-corrected chi connectivity index (χ2v) is 6.15. The molecule has 1 aromatic heterocycles. The number of halogens is 1. The number of aromatic nitrogens is 1. The molecule has 0 unspecified atom stereocenters. The van der Waals surface area contributed by atoms with Crippen LogP contribution in [0.3, 0.4) is 0 Å². The molecule has 0 radical (unpaired) electrons. The van der Waals surface area contributed by atoms with Gasteiger partial charge in [-0.15, -0.1) is 0 Å². The summed E-state index contributed by atoms with van der Waals surface area (Å²) in [7, 11) is 0. The standard InChI is InChI=1S/C21H23FN4O/c1-3-23-21(24-12-17-6-4-5-7-19(17)22)25-13-18-14-27-20(26-18)16-10-8-15(2)9-11-16/h4-11,14H,3,12-13H2,1-2H3,(H2,23,24,25). The van der Waals surface area contributed by atoms with E-state index < -0.39 is 0 Å². The van der Waals surface area contributed by atoms with Crippen LogP contribution < -0.4 is 10.6 Å². The van der Waals surface area contributed by atoms with Gasteiger partial charge in [-0.25, -0.2) is 14.4 Å². The van der Waals surface area contributed by atoms with Gasteiger partial charge in [0, 0.05) is 17.7 Å². The lowest BCUT2D eigenvalue weighted by Crippen LogP contribution is -2.36. The van der Waals surface area contributed by atoms with E-state index in [0.717, 1.165) is 11.3 Å². The maximum Gasteiger partial charge on any atom is 0.226 e. The maximum atomic E-state index is 13.7. The average Bonchev–Trinajstić information content (AvgIpc) is 3.15. The number of hydrogen-bond donors (Lipinski definition) is 2. The first-order valence-corrected chi connectivity index (χ1v) is 8.92. The number of aliphatic imine (C=N–C) groups is 1. The molecular weight excluding hydrogens is 343 g/mol. The molecule has 0 aliphatic heterocycles. The van der Waals surface area contributed by atoms with E-state index in [1.165, 1.54) is 11.6 Å². The molecule has 0 saturated heterocycles. The summed E-state index contributed by atoms with van der Waals surface area (Å²) in [6.45, 7) is 5.44. The summed E-state index contributed by atoms with van der Waals surface area (Å²) in [5.74, 6) is 0.928. The van der Waals surface area contributed by atoms with Crippen molar-refractivity contribution in [2.75, 3.05) is 6.54 Å². The van der Waals surface area contributed by atoms with Crippen molar-refractivity contribution in [3.8, 4) is 11.5 Å². The Labute approximate surface area is 158 Å². The second-order valence-electron chi connectivity index (χ2n) is 6.15. The van der Waals surface area contributed by atoms with Crippen molar-refractivity contribution in [3.05, 3.63) is 77.4 Å². The van der Waals surface area contributed by atoms with E-state index >= 15 is 0 Å². The minimum absolute atomic E-state index is 0.253. The van der Waals surface area contributed by atoms with Gasteiger partial charge in [0.2, 0.25) is 5.89 Å². The van der Waals surface area contributed by atoms with Crippen LogP contribution in [0.25, 0.3) is 11.5 Å². The van der Waals surface area contributed by atoms with Crippen LogP contribution in [0, 0.1) is 12.7 Å². The Morgan fingerprint density at radius 3 is 2.63 bits per heavy atom. The van der Waals surface area contributed by atoms with Gasteiger partial charge in [0.1, 0.15) is 12.1 Å². The predicted molar refractivity (Wildman–Crippen MR) is 105 cm³/mol. The van der Waals surface area contributed by atoms with E-state index in [1.807, 2.05) is 38.1 Å². The first kappa shape index (κ1) is 18.6. The number of oxazole rings is 1. The first-order chi connectivity index (χ1) is 13.2. The number of nitrogens with one attached hydrogen (secondary N) is 2. The van der Waals surface area contributed by atoms with Crippen LogP contribution in [-0.4, -0.2) is 17.5 Å². The fraction of sp³-hybridized carbons (Fsp3) is 0.238. The third kappa shape index (κ3) is 5.17. The van der Waals surface area contributed by atoms with E-state index in [0.29, 0.717) is 30.5 Å². The highest BCUT2D eigenvalue weighted by Crippen LogP contribution is 2.19. The normalized spacial score (nSPS) is 11.4. The summed E-state index contributed by atoms with van der Waals surface area (Å²) >= 11 is 0. The zero-order valence-corrected chi connectivity index (χ0v) is 15.5. The predicted octanol–water partition coefficient (Wildman–Crippen LogP) is 4.04. The van der Waals surface area contributed by atoms with Crippen molar-refractivity contribution < 1.29 is 8.81 Å². The molecule has 140 valence electrons. The third-order valence-electron chi connectivity index (χ3n) is 4.00. The summed E-state index contributed by atoms with van der Waals surface area (Å²) < 4.78 is 19.3. The largest absolute Gasteiger partial charge is 0.444 e. The van der Waals surface area contributed by atoms with Gasteiger partial charge in [0.15, 0.2) is 5.96 Å². The molecule has 0 saturated carbocycles. The Kier molecular flexibility index (Phi) is 6.20. The molecule has 1 heterocycles. The van der Waals surface area contributed by atoms with Crippen LogP contribution in [0.1, 0.15) is 23.7 Å². The van der Waals surface area contributed by atoms with E-state index in [2.05, 4.69) is 20.6 Å². The van der Waals surface area contributed by atoms with Gasteiger partial charge in [-0.1, -0.05) is 35.9 Å². The van der Waals surface area contributed by atoms with Crippen molar-refractivity contribution in [3.63, 3.8) is 0 Å². The van der Waals surface area contributed by atoms with Crippen LogP contribution in [0.4, 0.5) is 4.39 Å². The van der Waals surface area contributed by atoms with Crippen molar-refractivity contribution in [2.45, 2.75) is 26.9 Å². The van der Waals surface area contributed by atoms with Gasteiger partial charge in [-0.3, -0.25) is 0 Å². The molecule has 2 aromatic carbocycles. The fourth-order valence-electron chi connectivity index (χ4n) is 2.52. The Bertz CT molecular complexity index is 903. The summed E-state index contributed by atoms with van der Waals surface area (Å²) in [5.41, 5.74) is 3.44. The lowest BCUT2D eigenvalue weighted by atomic mass is 10.1. The highest BCUT2D eigenvalue weighted by Gasteiger charge is 2.08. The number of guanidine groups is 1. The Hall–Kier alpha value is -3.15. The van der Waals surface area contributed by atoms with E-state index in [-0.39, 0.29) is 12.4 Å². The van der Waals surface area contributed by atoms with Crippen molar-refractivity contribution in [1.29, 1.82) is 0 Å². The number of aryl methyl sites for hydroxylation is 1. The zero-order chi connectivity index (χ0) is 19.1. The van der Waals surface area contributed by atoms with Crippen molar-refractivity contribution in [1.82, 2.24) is 15.6 Å². The Morgan fingerprint density at radius 2 is 1.89 bits per heavy atom. The molecule has 5 nitrogen and oxygen atoms in total. The Morgan fingerprint density at radius 1 is 1.11 bits per heavy atom. The average molecular weight is 366 g/mol. The van der Waals surface area contributed by atoms with Gasteiger partial charge in [-0.2, -0.15) is 0 Å². The molecule has 0 aliphatic rings. The number of benzene rings is 2. The lowest BCUT2D eigenvalue weighted by Gasteiger charge is -2.10. The molecule has 3 aromatic rings. The quantitative estimate of drug-likeness (QED) is 0.510. The van der Waals surface area contributed by atoms with Crippen LogP contribution in [0.15, 0.2) is 64.2 Å². The molecule has 27 heavy (non-hydrogen) atoms. The molecule has 0 fully saturated rings. The molecule has 2 N–H and O–H groups in total. The van der Waals surface area contributed by atoms with E-state index in [4.69, 9.17) is 4.42 Å². The molecule has 0 atom stereocenters. The van der Waals surface area contributed by atoms with Crippen molar-refractivity contribution >= 4 is 5.96 Å². The molecule has 0 amide bonds. The van der Waals surface area contributed by atoms with Gasteiger partial charge in [-0.05, 0) is 32.0 Å². The molecule has 0 bridgehead atoms. The summed E-state index contributed by atoms with van der Waals surface area (Å²) in [6, 6.07) is 14.7. The number of rotatable bonds is 6. The number of hydrogen-bond acceptors (Lipinski definition) is 3. The van der Waals surface area contributed by atoms with Gasteiger partial charge >= 0.3 is 0 Å². The smallest absolute Gasteiger partial charge is 0.226 e. The minimum atomic E-state index is -0.253. The molecule has 0 aliphatic carbocycles. The third-order valence-corrected chi connectivity index (χ3v) is 4.00. The molecule has 6 heteroatoms. The van der Waals surface area contributed by atoms with Crippen LogP contribution in [0.2, 0.25) is 0 Å². The second kappa shape index (κ2) is 8.98. The van der Waals surface area contributed by atoms with Gasteiger partial charge in [0.05, 0.1) is 18.8 Å². The maximum absolute atomic E-state index is 13.7. The highest BCUT2D eigenvalue weighted by atomic mass is 19.1. The monoisotopic (exact) mass is 366 g/mol. The van der Waals surface area contributed by atoms with Crippen LogP contribution >= 0.6 is 0 Å². The summed E-state index contributed by atoms with van der Waals surface area (Å²) in [6.07, 6.45) is 1.63. The van der Waals surface area contributed by atoms with Gasteiger partial charge in [0.25, 0.3) is 0 Å². The zero-order valence-electron chi connectivity index (χ0n) is 15.5. The summed E-state index contributed by atoms with van der Waals surface area (Å²) in [5, 5.41) is 6.34. The minimum Gasteiger partial charge on any atom is -0.444 e. The molecule has 0 spiro atoms. The number of nitrogens with zero attached hydrogens (tertiary/aromatic N) is 2. The topological polar surface area (TPSA) is 62.5 Å². The van der Waals surface area contributed by atoms with E-state index in [1.54, 1.807) is 24.5 Å². The van der Waals surface area contributed by atoms with Crippen LogP contribution in [-0.2, 0) is 13.1 Å². The van der Waals surface area contributed by atoms with Gasteiger partial charge < -0.3 is 15.1 Å². The molecular formula is C21H23FN4O. The summed E-state index contributed by atoms with van der Waals surface area (Å²) in [4.78, 5) is 8.93.